The van der Waals surface area contributed by atoms with Crippen molar-refractivity contribution in [1.82, 2.24) is 24.0 Å². The Morgan fingerprint density at radius 3 is 2.39 bits per heavy atom. The number of hydrogen-bond donors (Lipinski definition) is 2. The number of nitrogens with one attached hydrogen (secondary N) is 1. The second-order valence-corrected chi connectivity index (χ2v) is 13.8. The van der Waals surface area contributed by atoms with Crippen LogP contribution in [-0.4, -0.2) is 55.3 Å². The van der Waals surface area contributed by atoms with Crippen LogP contribution in [0.15, 0.2) is 64.3 Å². The Morgan fingerprint density at radius 1 is 0.980 bits per heavy atom. The van der Waals surface area contributed by atoms with E-state index >= 15 is 0 Å². The molecule has 2 aliphatic carbocycles. The molecular formula is C36H32Cl2N6O5. The molecule has 0 amide bonds. The molecule has 2 fully saturated rings. The number of piperidine rings is 1. The highest BCUT2D eigenvalue weighted by Crippen LogP contribution is 2.55. The summed E-state index contributed by atoms with van der Waals surface area (Å²) in [5.41, 5.74) is 5.05. The highest BCUT2D eigenvalue weighted by Gasteiger charge is 2.60. The topological polar surface area (TPSA) is 132 Å². The molecule has 3 aromatic heterocycles. The number of fused-ring (bicyclic) bond motifs is 3. The summed E-state index contributed by atoms with van der Waals surface area (Å²) in [7, 11) is 4.66. The molecule has 0 spiro atoms. The fraction of sp³-hybridized carbons (Fsp3) is 0.306. The quantitative estimate of drug-likeness (QED) is 0.221. The van der Waals surface area contributed by atoms with E-state index < -0.39 is 17.2 Å². The Kier molecular flexibility index (Phi) is 7.54. The van der Waals surface area contributed by atoms with Crippen LogP contribution in [0.1, 0.15) is 23.6 Å². The zero-order chi connectivity index (χ0) is 34.3. The number of carboxylic acid groups (broad SMARTS) is 1. The van der Waals surface area contributed by atoms with Crippen LogP contribution in [0.2, 0.25) is 10.0 Å². The van der Waals surface area contributed by atoms with Crippen molar-refractivity contribution in [2.45, 2.75) is 18.9 Å². The second kappa shape index (κ2) is 11.7. The number of likely N-dealkylation sites (tertiary alicyclic amines) is 1. The minimum absolute atomic E-state index is 0.144. The van der Waals surface area contributed by atoms with Crippen LogP contribution >= 0.6 is 23.2 Å². The number of aliphatic carboxylic acids is 1. The van der Waals surface area contributed by atoms with Crippen molar-refractivity contribution in [3.63, 3.8) is 0 Å². The largest absolute Gasteiger partial charge is 0.481 e. The molecule has 11 nitrogen and oxygen atoms in total. The summed E-state index contributed by atoms with van der Waals surface area (Å²) in [6.07, 6.45) is 3.31. The number of halogens is 2. The first-order valence-electron chi connectivity index (χ1n) is 16.0. The standard InChI is InChI=1S/C36H32Cl2N6O5/c1-42-25-12-13-39-32(29(25)34(45)43(2)36(42)48)40-23-9-5-7-19(31(23)38)18-6-4-8-20(30(18)37)24-14-17-10-11-26(27(17)33(41-24)49-3)44-15-21-22(16-44)28(21)35(46)47/h4-9,12-14,21-22,26,28H,10-11,15-16H2,1-3H3,(H,39,40)(H,46,47)/t21-,22+,26-,28?/m0/s1. The number of aromatic nitrogens is 4. The maximum atomic E-state index is 13.1. The first-order chi connectivity index (χ1) is 23.6. The van der Waals surface area contributed by atoms with Gasteiger partial charge in [0.15, 0.2) is 0 Å². The molecule has 2 N–H and O–H groups in total. The average molecular weight is 700 g/mol. The van der Waals surface area contributed by atoms with Gasteiger partial charge < -0.3 is 15.2 Å². The molecular weight excluding hydrogens is 667 g/mol. The van der Waals surface area contributed by atoms with Crippen molar-refractivity contribution in [2.75, 3.05) is 25.5 Å². The van der Waals surface area contributed by atoms with Crippen LogP contribution in [0.5, 0.6) is 5.88 Å². The van der Waals surface area contributed by atoms with E-state index in [1.54, 1.807) is 26.3 Å². The third-order valence-electron chi connectivity index (χ3n) is 10.5. The van der Waals surface area contributed by atoms with Crippen molar-refractivity contribution in [1.29, 1.82) is 0 Å². The number of carbonyl (C=O) groups is 1. The summed E-state index contributed by atoms with van der Waals surface area (Å²) in [6.45, 7) is 1.57. The third-order valence-corrected chi connectivity index (χ3v) is 11.3. The first-order valence-corrected chi connectivity index (χ1v) is 16.8. The summed E-state index contributed by atoms with van der Waals surface area (Å²) < 4.78 is 8.31. The molecule has 0 radical (unpaired) electrons. The van der Waals surface area contributed by atoms with E-state index in [2.05, 4.69) is 21.3 Å². The van der Waals surface area contributed by atoms with Crippen LogP contribution in [0.3, 0.4) is 0 Å². The minimum atomic E-state index is -0.684. The van der Waals surface area contributed by atoms with Crippen molar-refractivity contribution in [3.8, 4) is 28.3 Å². The number of aryl methyl sites for hydroxylation is 2. The van der Waals surface area contributed by atoms with Gasteiger partial charge in [-0.1, -0.05) is 53.5 Å². The van der Waals surface area contributed by atoms with Gasteiger partial charge in [0.1, 0.15) is 11.2 Å². The number of nitrogens with zero attached hydrogens (tertiary/aromatic N) is 5. The highest BCUT2D eigenvalue weighted by atomic mass is 35.5. The predicted molar refractivity (Wildman–Crippen MR) is 188 cm³/mol. The van der Waals surface area contributed by atoms with Gasteiger partial charge in [-0.3, -0.25) is 23.6 Å². The molecule has 49 heavy (non-hydrogen) atoms. The van der Waals surface area contributed by atoms with Crippen LogP contribution in [0, 0.1) is 17.8 Å². The van der Waals surface area contributed by atoms with Gasteiger partial charge in [0.2, 0.25) is 5.88 Å². The average Bonchev–Trinajstić information content (AvgIpc) is 3.37. The maximum Gasteiger partial charge on any atom is 0.330 e. The van der Waals surface area contributed by atoms with Gasteiger partial charge in [-0.05, 0) is 48.4 Å². The zero-order valence-corrected chi connectivity index (χ0v) is 28.4. The Bertz CT molecular complexity index is 2330. The molecule has 8 rings (SSSR count). The molecule has 1 saturated heterocycles. The Hall–Kier alpha value is -4.71. The number of ether oxygens (including phenoxy) is 1. The van der Waals surface area contributed by atoms with Gasteiger partial charge >= 0.3 is 11.7 Å². The molecule has 4 heterocycles. The van der Waals surface area contributed by atoms with E-state index in [1.165, 1.54) is 17.8 Å². The summed E-state index contributed by atoms with van der Waals surface area (Å²) in [6, 6.07) is 15.1. The van der Waals surface area contributed by atoms with E-state index in [0.29, 0.717) is 44.0 Å². The van der Waals surface area contributed by atoms with Crippen LogP contribution in [0.25, 0.3) is 33.3 Å². The fourth-order valence-electron chi connectivity index (χ4n) is 7.94. The predicted octanol–water partition coefficient (Wildman–Crippen LogP) is 5.67. The molecule has 1 aliphatic heterocycles. The number of benzene rings is 2. The van der Waals surface area contributed by atoms with Gasteiger partial charge in [0, 0.05) is 61.7 Å². The smallest absolute Gasteiger partial charge is 0.330 e. The summed E-state index contributed by atoms with van der Waals surface area (Å²) in [5, 5.41) is 13.8. The van der Waals surface area contributed by atoms with Crippen molar-refractivity contribution in [2.24, 2.45) is 31.8 Å². The van der Waals surface area contributed by atoms with Gasteiger partial charge in [0.05, 0.1) is 40.0 Å². The highest BCUT2D eigenvalue weighted by molar-refractivity contribution is 6.39. The molecule has 1 saturated carbocycles. The number of pyridine rings is 2. The molecule has 250 valence electrons. The molecule has 5 aromatic rings. The molecule has 3 aliphatic rings. The van der Waals surface area contributed by atoms with Crippen molar-refractivity contribution in [3.05, 3.63) is 96.7 Å². The van der Waals surface area contributed by atoms with Crippen LogP contribution in [0.4, 0.5) is 11.5 Å². The monoisotopic (exact) mass is 698 g/mol. The molecule has 13 heteroatoms. The lowest BCUT2D eigenvalue weighted by atomic mass is 9.99. The normalized spacial score (nSPS) is 21.1. The number of carboxylic acids is 1. The van der Waals surface area contributed by atoms with E-state index in [4.69, 9.17) is 32.9 Å². The summed E-state index contributed by atoms with van der Waals surface area (Å²) in [5.74, 6) is 0.395. The molecule has 4 atom stereocenters. The molecule has 1 unspecified atom stereocenters. The molecule has 2 aromatic carbocycles. The van der Waals surface area contributed by atoms with Crippen molar-refractivity contribution < 1.29 is 14.6 Å². The zero-order valence-electron chi connectivity index (χ0n) is 26.9. The second-order valence-electron chi connectivity index (χ2n) is 13.0. The van der Waals surface area contributed by atoms with Crippen LogP contribution in [-0.2, 0) is 25.3 Å². The van der Waals surface area contributed by atoms with E-state index in [0.717, 1.165) is 47.2 Å². The van der Waals surface area contributed by atoms with Gasteiger partial charge in [-0.2, -0.15) is 0 Å². The Balaban J connectivity index is 1.13. The lowest BCUT2D eigenvalue weighted by Crippen LogP contribution is -2.37. The number of hydrogen-bond acceptors (Lipinski definition) is 8. The number of anilines is 2. The van der Waals surface area contributed by atoms with E-state index in [-0.39, 0.29) is 35.0 Å². The lowest BCUT2D eigenvalue weighted by Gasteiger charge is -2.27. The number of methoxy groups -OCH3 is 1. The molecule has 0 bridgehead atoms. The Labute approximate surface area is 290 Å². The summed E-state index contributed by atoms with van der Waals surface area (Å²) in [4.78, 5) is 48.9. The van der Waals surface area contributed by atoms with Gasteiger partial charge in [0.25, 0.3) is 5.56 Å². The Morgan fingerprint density at radius 2 is 1.67 bits per heavy atom. The lowest BCUT2D eigenvalue weighted by molar-refractivity contribution is -0.139. The van der Waals surface area contributed by atoms with Crippen LogP contribution < -0.4 is 21.3 Å². The maximum absolute atomic E-state index is 13.1. The van der Waals surface area contributed by atoms with Crippen molar-refractivity contribution >= 4 is 51.6 Å². The van der Waals surface area contributed by atoms with Gasteiger partial charge in [-0.25, -0.2) is 14.8 Å². The summed E-state index contributed by atoms with van der Waals surface area (Å²) >= 11 is 14.2. The first kappa shape index (κ1) is 31.6. The van der Waals surface area contributed by atoms with E-state index in [1.807, 2.05) is 30.3 Å². The van der Waals surface area contributed by atoms with Gasteiger partial charge in [-0.15, -0.1) is 0 Å². The fourth-order valence-corrected chi connectivity index (χ4v) is 8.54. The number of rotatable bonds is 7. The third kappa shape index (κ3) is 4.94. The SMILES string of the molecule is COc1nc(-c2cccc(-c3cccc(Nc4nccc5c4c(=O)n(C)c(=O)n5C)c3Cl)c2Cl)cc2c1[C@@H](N1C[C@@H]3C(C(=O)O)[C@@H]3C1)CC2. The van der Waals surface area contributed by atoms with E-state index in [9.17, 15) is 19.5 Å². The minimum Gasteiger partial charge on any atom is -0.481 e.